The van der Waals surface area contributed by atoms with Crippen LogP contribution >= 0.6 is 0 Å². The smallest absolute Gasteiger partial charge is 0.406 e. The van der Waals surface area contributed by atoms with E-state index in [0.717, 1.165) is 12.1 Å². The number of sulfonamides is 1. The number of carbonyl (C=O) groups excluding carboxylic acids is 1. The number of para-hydroxylation sites is 1. The number of hydrogen-bond donors (Lipinski definition) is 1. The third-order valence-corrected chi connectivity index (χ3v) is 7.02. The Kier molecular flexibility index (Phi) is 5.00. The topological polar surface area (TPSA) is 75.7 Å². The van der Waals surface area contributed by atoms with Gasteiger partial charge in [0, 0.05) is 12.2 Å². The minimum atomic E-state index is -4.82. The molecule has 0 aromatic heterocycles. The molecule has 1 unspecified atom stereocenters. The largest absolute Gasteiger partial charge is 0.573 e. The van der Waals surface area contributed by atoms with Crippen molar-refractivity contribution in [2.45, 2.75) is 24.5 Å². The number of carbonyl (C=O) groups is 1. The van der Waals surface area contributed by atoms with Crippen molar-refractivity contribution in [1.82, 2.24) is 0 Å². The molecule has 6 nitrogen and oxygen atoms in total. The Morgan fingerprint density at radius 3 is 2.29 bits per heavy atom. The number of rotatable bonds is 4. The van der Waals surface area contributed by atoms with Gasteiger partial charge in [-0.3, -0.25) is 9.10 Å². The molecule has 1 N–H and O–H groups in total. The summed E-state index contributed by atoms with van der Waals surface area (Å²) in [4.78, 5) is 12.7. The lowest BCUT2D eigenvalue weighted by Gasteiger charge is -2.25. The zero-order valence-electron chi connectivity index (χ0n) is 14.7. The third-order valence-electron chi connectivity index (χ3n) is 4.52. The Labute approximate surface area is 160 Å². The number of halogens is 3. The van der Waals surface area contributed by atoms with Crippen LogP contribution in [0.15, 0.2) is 54.6 Å². The number of ether oxygens (including phenoxy) is 1. The maximum absolute atomic E-state index is 13.0. The van der Waals surface area contributed by atoms with E-state index in [9.17, 15) is 26.4 Å². The highest BCUT2D eigenvalue weighted by Gasteiger charge is 2.54. The Morgan fingerprint density at radius 2 is 1.71 bits per heavy atom. The quantitative estimate of drug-likeness (QED) is 0.831. The molecule has 0 aliphatic carbocycles. The lowest BCUT2D eigenvalue weighted by molar-refractivity contribution is -0.274. The number of amides is 1. The molecule has 1 atom stereocenters. The summed E-state index contributed by atoms with van der Waals surface area (Å²) in [5, 5.41) is 2.46. The van der Waals surface area contributed by atoms with E-state index in [0.29, 0.717) is 5.69 Å². The van der Waals surface area contributed by atoms with Crippen LogP contribution in [0, 0.1) is 0 Å². The van der Waals surface area contributed by atoms with Crippen LogP contribution in [-0.4, -0.2) is 32.0 Å². The van der Waals surface area contributed by atoms with Crippen LogP contribution in [-0.2, 0) is 14.8 Å². The summed E-state index contributed by atoms with van der Waals surface area (Å²) in [6.07, 6.45) is -4.75. The van der Waals surface area contributed by atoms with Crippen molar-refractivity contribution in [3.8, 4) is 5.75 Å². The molecule has 1 aliphatic heterocycles. The molecule has 0 saturated carbocycles. The van der Waals surface area contributed by atoms with Crippen molar-refractivity contribution >= 4 is 27.3 Å². The molecule has 1 fully saturated rings. The highest BCUT2D eigenvalue weighted by molar-refractivity contribution is 7.95. The predicted octanol–water partition coefficient (Wildman–Crippen LogP) is 3.52. The van der Waals surface area contributed by atoms with Crippen molar-refractivity contribution in [2.24, 2.45) is 0 Å². The number of nitrogens with one attached hydrogen (secondary N) is 1. The van der Waals surface area contributed by atoms with E-state index in [2.05, 4.69) is 10.1 Å². The van der Waals surface area contributed by atoms with Gasteiger partial charge in [0.25, 0.3) is 0 Å². The third kappa shape index (κ3) is 3.77. The monoisotopic (exact) mass is 414 g/mol. The van der Waals surface area contributed by atoms with Gasteiger partial charge in [0.2, 0.25) is 15.9 Å². The van der Waals surface area contributed by atoms with Gasteiger partial charge in [0.05, 0.1) is 5.69 Å². The van der Waals surface area contributed by atoms with E-state index in [-0.39, 0.29) is 18.7 Å². The molecule has 1 aliphatic rings. The Bertz CT molecular complexity index is 963. The summed E-state index contributed by atoms with van der Waals surface area (Å²) < 4.78 is 65.8. The minimum Gasteiger partial charge on any atom is -0.406 e. The number of anilines is 2. The molecule has 0 radical (unpaired) electrons. The van der Waals surface area contributed by atoms with E-state index in [4.69, 9.17) is 0 Å². The van der Waals surface area contributed by atoms with Crippen molar-refractivity contribution in [1.29, 1.82) is 0 Å². The van der Waals surface area contributed by atoms with Crippen molar-refractivity contribution in [2.75, 3.05) is 16.2 Å². The molecule has 150 valence electrons. The van der Waals surface area contributed by atoms with E-state index < -0.39 is 32.8 Å². The maximum Gasteiger partial charge on any atom is 0.573 e. The van der Waals surface area contributed by atoms with E-state index >= 15 is 0 Å². The lowest BCUT2D eigenvalue weighted by Crippen LogP contribution is -2.47. The summed E-state index contributed by atoms with van der Waals surface area (Å²) in [5.74, 6) is -1.20. The first-order valence-corrected chi connectivity index (χ1v) is 9.71. The fourth-order valence-corrected chi connectivity index (χ4v) is 4.76. The van der Waals surface area contributed by atoms with Gasteiger partial charge in [-0.2, -0.15) is 0 Å². The van der Waals surface area contributed by atoms with Crippen LogP contribution in [0.25, 0.3) is 0 Å². The second-order valence-corrected chi connectivity index (χ2v) is 8.71. The summed E-state index contributed by atoms with van der Waals surface area (Å²) in [6, 6.07) is 12.9. The van der Waals surface area contributed by atoms with Crippen LogP contribution in [0.3, 0.4) is 0 Å². The molecular formula is C18H17F3N2O4S. The summed E-state index contributed by atoms with van der Waals surface area (Å²) >= 11 is 0. The maximum atomic E-state index is 13.0. The highest BCUT2D eigenvalue weighted by atomic mass is 32.2. The first kappa shape index (κ1) is 20.0. The zero-order valence-corrected chi connectivity index (χ0v) is 15.5. The van der Waals surface area contributed by atoms with Crippen LogP contribution in [0.1, 0.15) is 13.3 Å². The zero-order chi connectivity index (χ0) is 20.6. The molecule has 1 saturated heterocycles. The molecule has 0 spiro atoms. The number of alkyl halides is 3. The van der Waals surface area contributed by atoms with Crippen LogP contribution in [0.5, 0.6) is 5.75 Å². The molecule has 10 heteroatoms. The Balaban J connectivity index is 1.77. The Morgan fingerprint density at radius 1 is 1.11 bits per heavy atom. The Hall–Kier alpha value is -2.75. The molecule has 1 amide bonds. The molecule has 2 aromatic carbocycles. The molecule has 1 heterocycles. The first-order valence-electron chi connectivity index (χ1n) is 8.27. The van der Waals surface area contributed by atoms with E-state index in [1.54, 1.807) is 30.3 Å². The van der Waals surface area contributed by atoms with Gasteiger partial charge in [-0.1, -0.05) is 18.2 Å². The van der Waals surface area contributed by atoms with Gasteiger partial charge in [0.15, 0.2) is 4.75 Å². The van der Waals surface area contributed by atoms with Crippen molar-refractivity contribution < 1.29 is 31.1 Å². The fourth-order valence-electron chi connectivity index (χ4n) is 2.90. The predicted molar refractivity (Wildman–Crippen MR) is 97.5 cm³/mol. The van der Waals surface area contributed by atoms with Gasteiger partial charge in [-0.05, 0) is 49.7 Å². The van der Waals surface area contributed by atoms with Gasteiger partial charge >= 0.3 is 6.36 Å². The number of nitrogens with zero attached hydrogens (tertiary/aromatic N) is 1. The summed E-state index contributed by atoms with van der Waals surface area (Å²) in [7, 11) is -3.98. The highest BCUT2D eigenvalue weighted by Crippen LogP contribution is 2.37. The second kappa shape index (κ2) is 7.01. The average Bonchev–Trinajstić information content (AvgIpc) is 2.87. The number of benzene rings is 2. The second-order valence-electron chi connectivity index (χ2n) is 6.42. The van der Waals surface area contributed by atoms with Gasteiger partial charge in [0.1, 0.15) is 5.75 Å². The summed E-state index contributed by atoms with van der Waals surface area (Å²) in [5.41, 5.74) is 0.627. The molecule has 3 rings (SSSR count). The van der Waals surface area contributed by atoms with Crippen LogP contribution in [0.4, 0.5) is 24.5 Å². The standard InChI is InChI=1S/C18H17F3N2O4S/c1-17(11-12-23(28(17,25)26)14-5-3-2-4-6-14)16(24)22-13-7-9-15(10-8-13)27-18(19,20)21/h2-10H,11-12H2,1H3,(H,22,24). The van der Waals surface area contributed by atoms with E-state index in [1.165, 1.54) is 23.4 Å². The summed E-state index contributed by atoms with van der Waals surface area (Å²) in [6.45, 7) is 1.48. The SMILES string of the molecule is CC1(C(=O)Nc2ccc(OC(F)(F)F)cc2)CCN(c2ccccc2)S1(=O)=O. The van der Waals surface area contributed by atoms with Crippen molar-refractivity contribution in [3.05, 3.63) is 54.6 Å². The first-order chi connectivity index (χ1) is 13.0. The molecule has 2 aromatic rings. The molecule has 28 heavy (non-hydrogen) atoms. The normalized spacial score (nSPS) is 21.4. The molecule has 0 bridgehead atoms. The van der Waals surface area contributed by atoms with Gasteiger partial charge in [-0.25, -0.2) is 8.42 Å². The van der Waals surface area contributed by atoms with E-state index in [1.807, 2.05) is 0 Å². The number of hydrogen-bond acceptors (Lipinski definition) is 4. The van der Waals surface area contributed by atoms with Gasteiger partial charge < -0.3 is 10.1 Å². The minimum absolute atomic E-state index is 0.0747. The molecular weight excluding hydrogens is 397 g/mol. The lowest BCUT2D eigenvalue weighted by atomic mass is 10.1. The van der Waals surface area contributed by atoms with Crippen LogP contribution < -0.4 is 14.4 Å². The fraction of sp³-hybridized carbons (Fsp3) is 0.278. The van der Waals surface area contributed by atoms with Crippen LogP contribution in [0.2, 0.25) is 0 Å². The average molecular weight is 414 g/mol. The van der Waals surface area contributed by atoms with Crippen molar-refractivity contribution in [3.63, 3.8) is 0 Å². The van der Waals surface area contributed by atoms with Gasteiger partial charge in [-0.15, -0.1) is 13.2 Å².